The maximum absolute atomic E-state index is 12.2. The average molecular weight is 174 g/mol. The summed E-state index contributed by atoms with van der Waals surface area (Å²) in [6, 6.07) is 1.10. The van der Waals surface area contributed by atoms with E-state index < -0.39 is 12.0 Å². The summed E-state index contributed by atoms with van der Waals surface area (Å²) in [4.78, 5) is 12.8. The number of anilines is 1. The predicted molar refractivity (Wildman–Crippen MR) is 41.2 cm³/mol. The van der Waals surface area contributed by atoms with Crippen LogP contribution in [0.25, 0.3) is 0 Å². The molecule has 0 radical (unpaired) electrons. The molecule has 0 aliphatic heterocycles. The number of hydrogen-bond donors (Lipinski definition) is 2. The molecule has 1 heterocycles. The van der Waals surface area contributed by atoms with E-state index >= 15 is 0 Å². The van der Waals surface area contributed by atoms with Gasteiger partial charge in [0.1, 0.15) is 5.82 Å². The number of rotatable bonds is 1. The highest BCUT2D eigenvalue weighted by atomic mass is 19.3. The molecule has 1 aromatic heterocycles. The Morgan fingerprint density at radius 1 is 1.58 bits per heavy atom. The molecular weight excluding hydrogens is 166 g/mol. The Morgan fingerprint density at radius 2 is 2.17 bits per heavy atom. The Labute approximate surface area is 67.2 Å². The minimum Gasteiger partial charge on any atom is -0.385 e. The van der Waals surface area contributed by atoms with Crippen LogP contribution in [0.5, 0.6) is 0 Å². The second-order valence-electron chi connectivity index (χ2n) is 2.44. The molecule has 0 unspecified atom stereocenters. The molecule has 0 aliphatic rings. The quantitative estimate of drug-likeness (QED) is 0.672. The lowest BCUT2D eigenvalue weighted by molar-refractivity contribution is 0.151. The van der Waals surface area contributed by atoms with Crippen molar-refractivity contribution in [1.82, 2.24) is 4.98 Å². The lowest BCUT2D eigenvalue weighted by atomic mass is 10.1. The Hall–Kier alpha value is -1.39. The smallest absolute Gasteiger partial charge is 0.267 e. The Morgan fingerprint density at radius 3 is 2.58 bits per heavy atom. The molecule has 0 saturated carbocycles. The van der Waals surface area contributed by atoms with Crippen molar-refractivity contribution < 1.29 is 8.78 Å². The van der Waals surface area contributed by atoms with Gasteiger partial charge in [-0.05, 0) is 12.5 Å². The van der Waals surface area contributed by atoms with E-state index in [1.807, 2.05) is 0 Å². The number of H-pyrrole nitrogens is 1. The van der Waals surface area contributed by atoms with E-state index in [9.17, 15) is 13.6 Å². The third-order valence-corrected chi connectivity index (χ3v) is 1.54. The number of aromatic nitrogens is 1. The van der Waals surface area contributed by atoms with Crippen LogP contribution in [0.15, 0.2) is 10.9 Å². The minimum absolute atomic E-state index is 0.214. The summed E-state index contributed by atoms with van der Waals surface area (Å²) >= 11 is 0. The Balaban J connectivity index is 3.38. The van der Waals surface area contributed by atoms with Crippen LogP contribution in [0.1, 0.15) is 17.6 Å². The molecule has 0 spiro atoms. The molecule has 5 heteroatoms. The van der Waals surface area contributed by atoms with E-state index in [-0.39, 0.29) is 16.9 Å². The summed E-state index contributed by atoms with van der Waals surface area (Å²) in [5.41, 5.74) is 4.64. The highest BCUT2D eigenvalue weighted by Gasteiger charge is 2.14. The summed E-state index contributed by atoms with van der Waals surface area (Å²) in [7, 11) is 0. The van der Waals surface area contributed by atoms with Crippen molar-refractivity contribution in [3.63, 3.8) is 0 Å². The largest absolute Gasteiger partial charge is 0.385 e. The molecular formula is C7H8F2N2O. The number of aryl methyl sites for hydroxylation is 1. The van der Waals surface area contributed by atoms with Crippen LogP contribution in [0.3, 0.4) is 0 Å². The molecule has 3 nitrogen and oxygen atoms in total. The van der Waals surface area contributed by atoms with Crippen molar-refractivity contribution in [3.05, 3.63) is 27.5 Å². The first-order chi connectivity index (χ1) is 5.52. The second kappa shape index (κ2) is 2.92. The third kappa shape index (κ3) is 1.44. The molecule has 1 aromatic rings. The number of aromatic amines is 1. The third-order valence-electron chi connectivity index (χ3n) is 1.54. The lowest BCUT2D eigenvalue weighted by Gasteiger charge is -2.06. The summed E-state index contributed by atoms with van der Waals surface area (Å²) in [5.74, 6) is -0.255. The molecule has 0 amide bonds. The van der Waals surface area contributed by atoms with Crippen LogP contribution in [0, 0.1) is 6.92 Å². The minimum atomic E-state index is -2.65. The van der Waals surface area contributed by atoms with Gasteiger partial charge in [0.05, 0.1) is 5.56 Å². The fourth-order valence-electron chi connectivity index (χ4n) is 1.01. The zero-order valence-corrected chi connectivity index (χ0v) is 6.40. The first-order valence-corrected chi connectivity index (χ1v) is 3.30. The van der Waals surface area contributed by atoms with E-state index in [1.165, 1.54) is 6.92 Å². The first-order valence-electron chi connectivity index (χ1n) is 3.30. The monoisotopic (exact) mass is 174 g/mol. The number of nitrogens with two attached hydrogens (primary N) is 1. The van der Waals surface area contributed by atoms with Crippen molar-refractivity contribution in [2.24, 2.45) is 0 Å². The van der Waals surface area contributed by atoms with Gasteiger partial charge in [-0.25, -0.2) is 8.78 Å². The molecule has 0 atom stereocenters. The van der Waals surface area contributed by atoms with Crippen molar-refractivity contribution in [1.29, 1.82) is 0 Å². The first kappa shape index (κ1) is 8.70. The second-order valence-corrected chi connectivity index (χ2v) is 2.44. The lowest BCUT2D eigenvalue weighted by Crippen LogP contribution is -2.12. The van der Waals surface area contributed by atoms with Gasteiger partial charge in [-0.15, -0.1) is 0 Å². The number of nitrogens with one attached hydrogen (secondary N) is 1. The van der Waals surface area contributed by atoms with Crippen LogP contribution in [0.4, 0.5) is 14.6 Å². The van der Waals surface area contributed by atoms with Gasteiger partial charge in [0, 0.05) is 6.07 Å². The van der Waals surface area contributed by atoms with E-state index in [1.54, 1.807) is 0 Å². The van der Waals surface area contributed by atoms with E-state index in [0.717, 1.165) is 6.07 Å². The molecule has 66 valence electrons. The zero-order valence-electron chi connectivity index (χ0n) is 6.40. The van der Waals surface area contributed by atoms with Crippen LogP contribution < -0.4 is 11.3 Å². The van der Waals surface area contributed by atoms with Gasteiger partial charge in [0.15, 0.2) is 0 Å². The van der Waals surface area contributed by atoms with Crippen LogP contribution >= 0.6 is 0 Å². The number of alkyl halides is 2. The summed E-state index contributed by atoms with van der Waals surface area (Å²) in [5, 5.41) is 0. The Kier molecular flexibility index (Phi) is 2.12. The van der Waals surface area contributed by atoms with Crippen LogP contribution in [0.2, 0.25) is 0 Å². The topological polar surface area (TPSA) is 58.9 Å². The SMILES string of the molecule is Cc1cc(=O)[nH]c(N)c1C(F)F. The van der Waals surface area contributed by atoms with Gasteiger partial charge in [0.25, 0.3) is 6.43 Å². The fraction of sp³-hybridized carbons (Fsp3) is 0.286. The fourth-order valence-corrected chi connectivity index (χ4v) is 1.01. The summed E-state index contributed by atoms with van der Waals surface area (Å²) in [6.45, 7) is 1.42. The highest BCUT2D eigenvalue weighted by Crippen LogP contribution is 2.24. The van der Waals surface area contributed by atoms with Gasteiger partial charge in [-0.1, -0.05) is 0 Å². The van der Waals surface area contributed by atoms with Gasteiger partial charge in [0.2, 0.25) is 5.56 Å². The number of nitrogen functional groups attached to an aromatic ring is 1. The Bertz CT molecular complexity index is 319. The molecule has 0 fully saturated rings. The normalized spacial score (nSPS) is 10.7. The molecule has 0 saturated heterocycles. The standard InChI is InChI=1S/C7H8F2N2O/c1-3-2-4(12)11-7(10)5(3)6(8)9/h2,6H,1H3,(H3,10,11,12). The number of pyridine rings is 1. The van der Waals surface area contributed by atoms with E-state index in [4.69, 9.17) is 5.73 Å². The van der Waals surface area contributed by atoms with Crippen LogP contribution in [-0.2, 0) is 0 Å². The van der Waals surface area contributed by atoms with Crippen LogP contribution in [-0.4, -0.2) is 4.98 Å². The number of halogens is 2. The summed E-state index contributed by atoms with van der Waals surface area (Å²) < 4.78 is 24.4. The predicted octanol–water partition coefficient (Wildman–Crippen LogP) is 1.20. The zero-order chi connectivity index (χ0) is 9.30. The average Bonchev–Trinajstić information content (AvgIpc) is 1.82. The van der Waals surface area contributed by atoms with E-state index in [0.29, 0.717) is 0 Å². The number of hydrogen-bond acceptors (Lipinski definition) is 2. The maximum atomic E-state index is 12.2. The molecule has 1 rings (SSSR count). The van der Waals surface area contributed by atoms with Gasteiger partial charge >= 0.3 is 0 Å². The molecule has 0 aliphatic carbocycles. The van der Waals surface area contributed by atoms with Crippen molar-refractivity contribution in [2.75, 3.05) is 5.73 Å². The van der Waals surface area contributed by atoms with Gasteiger partial charge in [-0.2, -0.15) is 0 Å². The van der Waals surface area contributed by atoms with Crippen molar-refractivity contribution in [2.45, 2.75) is 13.3 Å². The summed E-state index contributed by atoms with van der Waals surface area (Å²) in [6.07, 6.45) is -2.65. The molecule has 0 aromatic carbocycles. The van der Waals surface area contributed by atoms with Crippen molar-refractivity contribution >= 4 is 5.82 Å². The van der Waals surface area contributed by atoms with Crippen molar-refractivity contribution in [3.8, 4) is 0 Å². The molecule has 0 bridgehead atoms. The van der Waals surface area contributed by atoms with E-state index in [2.05, 4.69) is 4.98 Å². The van der Waals surface area contributed by atoms with Gasteiger partial charge < -0.3 is 10.7 Å². The molecule has 12 heavy (non-hydrogen) atoms. The highest BCUT2D eigenvalue weighted by molar-refractivity contribution is 5.44. The van der Waals surface area contributed by atoms with Gasteiger partial charge in [-0.3, -0.25) is 4.79 Å². The maximum Gasteiger partial charge on any atom is 0.267 e. The molecule has 3 N–H and O–H groups in total.